The van der Waals surface area contributed by atoms with E-state index in [4.69, 9.17) is 4.74 Å². The summed E-state index contributed by atoms with van der Waals surface area (Å²) in [5.74, 6) is 0.915. The zero-order valence-corrected chi connectivity index (χ0v) is 15.1. The average molecular weight is 377 g/mol. The fraction of sp³-hybridized carbons (Fsp3) is 0.625. The normalized spacial score (nSPS) is 11.5. The Balaban J connectivity index is 2.26. The summed E-state index contributed by atoms with van der Waals surface area (Å²) in [6.07, 6.45) is 7.80. The first-order valence-corrected chi connectivity index (χ1v) is 10.3. The maximum Gasteiger partial charge on any atom is 0.178 e. The predicted octanol–water partition coefficient (Wildman–Crippen LogP) is 4.59. The van der Waals surface area contributed by atoms with E-state index in [2.05, 4.69) is 15.9 Å². The second-order valence-corrected chi connectivity index (χ2v) is 8.06. The van der Waals surface area contributed by atoms with Crippen molar-refractivity contribution < 1.29 is 13.2 Å². The molecule has 0 fully saturated rings. The van der Waals surface area contributed by atoms with Crippen molar-refractivity contribution in [3.63, 3.8) is 0 Å². The highest BCUT2D eigenvalue weighted by Gasteiger charge is 2.13. The SMILES string of the molecule is COc1ccc(S(=O)(=O)CCCCCCCCCBr)cc1. The predicted molar refractivity (Wildman–Crippen MR) is 91.2 cm³/mol. The molecule has 0 aliphatic heterocycles. The van der Waals surface area contributed by atoms with Crippen LogP contribution in [-0.4, -0.2) is 26.6 Å². The molecule has 0 saturated heterocycles. The zero-order chi connectivity index (χ0) is 15.6. The molecule has 0 N–H and O–H groups in total. The Labute approximate surface area is 137 Å². The van der Waals surface area contributed by atoms with Crippen molar-refractivity contribution >= 4 is 25.8 Å². The van der Waals surface area contributed by atoms with Gasteiger partial charge in [-0.15, -0.1) is 0 Å². The standard InChI is InChI=1S/C16H25BrO3S/c1-20-15-9-11-16(12-10-15)21(18,19)14-8-6-4-2-3-5-7-13-17/h9-12H,2-8,13-14H2,1H3. The molecule has 0 aliphatic rings. The lowest BCUT2D eigenvalue weighted by molar-refractivity contribution is 0.414. The van der Waals surface area contributed by atoms with Gasteiger partial charge < -0.3 is 4.74 Å². The van der Waals surface area contributed by atoms with Crippen LogP contribution in [-0.2, 0) is 9.84 Å². The summed E-state index contributed by atoms with van der Waals surface area (Å²) in [6, 6.07) is 6.62. The van der Waals surface area contributed by atoms with Gasteiger partial charge in [0.2, 0.25) is 0 Å². The van der Waals surface area contributed by atoms with Crippen LogP contribution >= 0.6 is 15.9 Å². The topological polar surface area (TPSA) is 43.4 Å². The molecule has 5 heteroatoms. The molecule has 120 valence electrons. The fourth-order valence-corrected chi connectivity index (χ4v) is 3.94. The molecule has 3 nitrogen and oxygen atoms in total. The Hall–Kier alpha value is -0.550. The smallest absolute Gasteiger partial charge is 0.178 e. The number of rotatable bonds is 11. The van der Waals surface area contributed by atoms with Crippen molar-refractivity contribution in [3.8, 4) is 5.75 Å². The molecule has 0 atom stereocenters. The Morgan fingerprint density at radius 3 is 1.95 bits per heavy atom. The minimum Gasteiger partial charge on any atom is -0.497 e. The van der Waals surface area contributed by atoms with Gasteiger partial charge in [-0.25, -0.2) is 8.42 Å². The number of halogens is 1. The molecule has 0 aromatic heterocycles. The number of ether oxygens (including phenoxy) is 1. The number of unbranched alkanes of at least 4 members (excludes halogenated alkanes) is 6. The van der Waals surface area contributed by atoms with Crippen molar-refractivity contribution in [2.75, 3.05) is 18.2 Å². The van der Waals surface area contributed by atoms with E-state index in [0.29, 0.717) is 10.6 Å². The minimum atomic E-state index is -3.15. The van der Waals surface area contributed by atoms with Crippen LogP contribution in [0.2, 0.25) is 0 Å². The summed E-state index contributed by atoms with van der Waals surface area (Å²) in [5, 5.41) is 1.08. The molecule has 0 aliphatic carbocycles. The summed E-state index contributed by atoms with van der Waals surface area (Å²) in [6.45, 7) is 0. The van der Waals surface area contributed by atoms with E-state index in [0.717, 1.165) is 24.6 Å². The highest BCUT2D eigenvalue weighted by Crippen LogP contribution is 2.18. The van der Waals surface area contributed by atoms with Gasteiger partial charge in [-0.3, -0.25) is 0 Å². The lowest BCUT2D eigenvalue weighted by Gasteiger charge is -2.06. The van der Waals surface area contributed by atoms with Gasteiger partial charge in [0.15, 0.2) is 9.84 Å². The van der Waals surface area contributed by atoms with Gasteiger partial charge >= 0.3 is 0 Å². The molecule has 0 heterocycles. The van der Waals surface area contributed by atoms with E-state index in [1.807, 2.05) is 0 Å². The summed E-state index contributed by atoms with van der Waals surface area (Å²) in [7, 11) is -1.58. The molecule has 1 rings (SSSR count). The first-order valence-electron chi connectivity index (χ1n) is 7.53. The molecule has 0 saturated carbocycles. The van der Waals surface area contributed by atoms with Crippen LogP contribution in [0.5, 0.6) is 5.75 Å². The maximum absolute atomic E-state index is 12.2. The molecule has 21 heavy (non-hydrogen) atoms. The first-order chi connectivity index (χ1) is 10.1. The third-order valence-corrected chi connectivity index (χ3v) is 5.84. The van der Waals surface area contributed by atoms with Crippen LogP contribution in [0.1, 0.15) is 44.9 Å². The molecule has 0 amide bonds. The van der Waals surface area contributed by atoms with Gasteiger partial charge in [-0.2, -0.15) is 0 Å². The van der Waals surface area contributed by atoms with Gasteiger partial charge in [-0.1, -0.05) is 48.0 Å². The van der Waals surface area contributed by atoms with E-state index >= 15 is 0 Å². The summed E-state index contributed by atoms with van der Waals surface area (Å²) < 4.78 is 29.4. The van der Waals surface area contributed by atoms with Gasteiger partial charge in [0.1, 0.15) is 5.75 Å². The molecule has 0 bridgehead atoms. The summed E-state index contributed by atoms with van der Waals surface area (Å²) in [5.41, 5.74) is 0. The Kier molecular flexibility index (Phi) is 9.00. The summed E-state index contributed by atoms with van der Waals surface area (Å²) in [4.78, 5) is 0.389. The van der Waals surface area contributed by atoms with Crippen molar-refractivity contribution in [2.45, 2.75) is 49.8 Å². The second-order valence-electron chi connectivity index (χ2n) is 5.16. The van der Waals surface area contributed by atoms with Crippen molar-refractivity contribution in [2.24, 2.45) is 0 Å². The Morgan fingerprint density at radius 1 is 0.905 bits per heavy atom. The van der Waals surface area contributed by atoms with Gasteiger partial charge in [0.25, 0.3) is 0 Å². The summed E-state index contributed by atoms with van der Waals surface area (Å²) >= 11 is 3.42. The average Bonchev–Trinajstić information content (AvgIpc) is 2.50. The zero-order valence-electron chi connectivity index (χ0n) is 12.7. The highest BCUT2D eigenvalue weighted by molar-refractivity contribution is 9.09. The molecule has 0 unspecified atom stereocenters. The van der Waals surface area contributed by atoms with E-state index in [1.165, 1.54) is 25.7 Å². The van der Waals surface area contributed by atoms with Crippen LogP contribution in [0.4, 0.5) is 0 Å². The molecular weight excluding hydrogens is 352 g/mol. The molecule has 1 aromatic carbocycles. The lowest BCUT2D eigenvalue weighted by Crippen LogP contribution is -2.06. The third-order valence-electron chi connectivity index (χ3n) is 3.47. The fourth-order valence-electron chi connectivity index (χ4n) is 2.17. The van der Waals surface area contributed by atoms with Crippen molar-refractivity contribution in [3.05, 3.63) is 24.3 Å². The number of methoxy groups -OCH3 is 1. The van der Waals surface area contributed by atoms with E-state index in [1.54, 1.807) is 31.4 Å². The van der Waals surface area contributed by atoms with E-state index in [9.17, 15) is 8.42 Å². The number of hydrogen-bond donors (Lipinski definition) is 0. The molecule has 0 radical (unpaired) electrons. The minimum absolute atomic E-state index is 0.237. The van der Waals surface area contributed by atoms with E-state index < -0.39 is 9.84 Å². The van der Waals surface area contributed by atoms with Crippen molar-refractivity contribution in [1.82, 2.24) is 0 Å². The molecule has 1 aromatic rings. The molecular formula is C16H25BrO3S. The highest BCUT2D eigenvalue weighted by atomic mass is 79.9. The monoisotopic (exact) mass is 376 g/mol. The Bertz CT molecular complexity index is 483. The first kappa shape index (κ1) is 18.5. The van der Waals surface area contributed by atoms with Gasteiger partial charge in [0.05, 0.1) is 17.8 Å². The van der Waals surface area contributed by atoms with Gasteiger partial charge in [-0.05, 0) is 37.1 Å². The van der Waals surface area contributed by atoms with Crippen LogP contribution < -0.4 is 4.74 Å². The van der Waals surface area contributed by atoms with E-state index in [-0.39, 0.29) is 5.75 Å². The second kappa shape index (κ2) is 10.2. The van der Waals surface area contributed by atoms with Crippen LogP contribution in [0.3, 0.4) is 0 Å². The Morgan fingerprint density at radius 2 is 1.43 bits per heavy atom. The largest absolute Gasteiger partial charge is 0.497 e. The lowest BCUT2D eigenvalue weighted by atomic mass is 10.1. The number of alkyl halides is 1. The quantitative estimate of drug-likeness (QED) is 0.418. The van der Waals surface area contributed by atoms with Crippen molar-refractivity contribution in [1.29, 1.82) is 0 Å². The van der Waals surface area contributed by atoms with Crippen LogP contribution in [0, 0.1) is 0 Å². The van der Waals surface area contributed by atoms with Crippen LogP contribution in [0.15, 0.2) is 29.2 Å². The number of sulfone groups is 1. The maximum atomic E-state index is 12.2. The van der Waals surface area contributed by atoms with Crippen LogP contribution in [0.25, 0.3) is 0 Å². The van der Waals surface area contributed by atoms with Gasteiger partial charge in [0, 0.05) is 5.33 Å². The third kappa shape index (κ3) is 7.32. The molecule has 0 spiro atoms. The number of hydrogen-bond acceptors (Lipinski definition) is 3. The number of benzene rings is 1.